The minimum atomic E-state index is -0.402. The van der Waals surface area contributed by atoms with E-state index in [-0.39, 0.29) is 6.61 Å². The summed E-state index contributed by atoms with van der Waals surface area (Å²) in [4.78, 5) is 12.3. The number of nitrogens with one attached hydrogen (secondary N) is 1. The Morgan fingerprint density at radius 1 is 1.19 bits per heavy atom. The summed E-state index contributed by atoms with van der Waals surface area (Å²) in [6.07, 6.45) is 1.47. The standard InChI is InChI=1S/C18H16BrN3O4/c1-24-15-6-4-13(19)10-14(15)18(23)22-21-11-12-3-5-16(26-8-7-20)17(9-12)25-2/h3-6,9-11H,8H2,1-2H3,(H,22,23)/b21-11-. The van der Waals surface area contributed by atoms with Crippen LogP contribution >= 0.6 is 15.9 Å². The Balaban J connectivity index is 2.10. The molecule has 7 nitrogen and oxygen atoms in total. The van der Waals surface area contributed by atoms with E-state index in [1.54, 1.807) is 36.4 Å². The minimum Gasteiger partial charge on any atom is -0.496 e. The van der Waals surface area contributed by atoms with E-state index < -0.39 is 5.91 Å². The van der Waals surface area contributed by atoms with Crippen LogP contribution in [0.25, 0.3) is 0 Å². The molecule has 1 N–H and O–H groups in total. The van der Waals surface area contributed by atoms with Gasteiger partial charge in [0.15, 0.2) is 18.1 Å². The van der Waals surface area contributed by atoms with Crippen molar-refractivity contribution in [3.63, 3.8) is 0 Å². The van der Waals surface area contributed by atoms with E-state index >= 15 is 0 Å². The molecule has 8 heteroatoms. The lowest BCUT2D eigenvalue weighted by Gasteiger charge is -2.09. The zero-order valence-corrected chi connectivity index (χ0v) is 15.7. The number of hydrogen-bond donors (Lipinski definition) is 1. The Morgan fingerprint density at radius 3 is 2.62 bits per heavy atom. The van der Waals surface area contributed by atoms with Crippen LogP contribution in [0.3, 0.4) is 0 Å². The molecule has 0 aliphatic rings. The van der Waals surface area contributed by atoms with Crippen molar-refractivity contribution in [3.05, 3.63) is 52.0 Å². The van der Waals surface area contributed by atoms with Crippen LogP contribution in [0.5, 0.6) is 17.2 Å². The first kappa shape index (κ1) is 19.3. The number of hydrazone groups is 1. The van der Waals surface area contributed by atoms with E-state index in [9.17, 15) is 4.79 Å². The second-order valence-electron chi connectivity index (χ2n) is 4.90. The second kappa shape index (κ2) is 9.44. The molecule has 2 aromatic rings. The van der Waals surface area contributed by atoms with Crippen molar-refractivity contribution >= 4 is 28.1 Å². The fraction of sp³-hybridized carbons (Fsp3) is 0.167. The Kier molecular flexibility index (Phi) is 7.00. The highest BCUT2D eigenvalue weighted by atomic mass is 79.9. The van der Waals surface area contributed by atoms with Gasteiger partial charge in [-0.25, -0.2) is 5.43 Å². The Hall–Kier alpha value is -3.05. The number of amides is 1. The lowest BCUT2D eigenvalue weighted by Crippen LogP contribution is -2.18. The van der Waals surface area contributed by atoms with Gasteiger partial charge in [-0.3, -0.25) is 4.79 Å². The molecule has 2 aromatic carbocycles. The van der Waals surface area contributed by atoms with Gasteiger partial charge in [0.1, 0.15) is 11.8 Å². The molecule has 134 valence electrons. The van der Waals surface area contributed by atoms with E-state index in [4.69, 9.17) is 19.5 Å². The molecule has 0 fully saturated rings. The smallest absolute Gasteiger partial charge is 0.275 e. The Bertz CT molecular complexity index is 862. The van der Waals surface area contributed by atoms with Crippen molar-refractivity contribution in [1.82, 2.24) is 5.43 Å². The van der Waals surface area contributed by atoms with E-state index in [0.717, 1.165) is 4.47 Å². The molecular weight excluding hydrogens is 402 g/mol. The highest BCUT2D eigenvalue weighted by Crippen LogP contribution is 2.27. The van der Waals surface area contributed by atoms with Gasteiger partial charge in [0.05, 0.1) is 26.0 Å². The zero-order valence-electron chi connectivity index (χ0n) is 14.2. The summed E-state index contributed by atoms with van der Waals surface area (Å²) in [7, 11) is 2.99. The third-order valence-corrected chi connectivity index (χ3v) is 3.76. The maximum absolute atomic E-state index is 12.3. The number of benzene rings is 2. The third kappa shape index (κ3) is 4.97. The number of ether oxygens (including phenoxy) is 3. The second-order valence-corrected chi connectivity index (χ2v) is 5.82. The number of halogens is 1. The topological polar surface area (TPSA) is 92.9 Å². The first-order valence-corrected chi connectivity index (χ1v) is 8.23. The molecule has 0 heterocycles. The number of carbonyl (C=O) groups is 1. The summed E-state index contributed by atoms with van der Waals surface area (Å²) in [6.45, 7) is -0.0751. The highest BCUT2D eigenvalue weighted by Gasteiger charge is 2.12. The molecule has 0 atom stereocenters. The summed E-state index contributed by atoms with van der Waals surface area (Å²) in [6, 6.07) is 12.1. The van der Waals surface area contributed by atoms with Gasteiger partial charge in [0.2, 0.25) is 0 Å². The maximum Gasteiger partial charge on any atom is 0.275 e. The van der Waals surface area contributed by atoms with Crippen molar-refractivity contribution in [1.29, 1.82) is 5.26 Å². The number of carbonyl (C=O) groups excluding carboxylic acids is 1. The summed E-state index contributed by atoms with van der Waals surface area (Å²) in [5.41, 5.74) is 3.50. The van der Waals surface area contributed by atoms with Crippen LogP contribution < -0.4 is 19.6 Å². The van der Waals surface area contributed by atoms with Gasteiger partial charge in [-0.05, 0) is 42.0 Å². The molecule has 0 saturated carbocycles. The predicted molar refractivity (Wildman–Crippen MR) is 99.9 cm³/mol. The number of nitrogens with zero attached hydrogens (tertiary/aromatic N) is 2. The third-order valence-electron chi connectivity index (χ3n) is 3.27. The fourth-order valence-corrected chi connectivity index (χ4v) is 2.44. The number of hydrogen-bond acceptors (Lipinski definition) is 6. The Morgan fingerprint density at radius 2 is 1.92 bits per heavy atom. The largest absolute Gasteiger partial charge is 0.496 e. The van der Waals surface area contributed by atoms with Crippen molar-refractivity contribution in [2.24, 2.45) is 5.10 Å². The van der Waals surface area contributed by atoms with Crippen LogP contribution in [0, 0.1) is 11.3 Å². The molecule has 0 unspecified atom stereocenters. The average molecular weight is 418 g/mol. The zero-order chi connectivity index (χ0) is 18.9. The van der Waals surface area contributed by atoms with Gasteiger partial charge in [-0.1, -0.05) is 15.9 Å². The summed E-state index contributed by atoms with van der Waals surface area (Å²) >= 11 is 3.32. The van der Waals surface area contributed by atoms with E-state index in [0.29, 0.717) is 28.4 Å². The van der Waals surface area contributed by atoms with Crippen LogP contribution in [0.4, 0.5) is 0 Å². The van der Waals surface area contributed by atoms with E-state index in [2.05, 4.69) is 26.5 Å². The highest BCUT2D eigenvalue weighted by molar-refractivity contribution is 9.10. The van der Waals surface area contributed by atoms with Gasteiger partial charge in [-0.2, -0.15) is 10.4 Å². The average Bonchev–Trinajstić information content (AvgIpc) is 2.66. The molecule has 1 amide bonds. The number of methoxy groups -OCH3 is 2. The van der Waals surface area contributed by atoms with Crippen molar-refractivity contribution < 1.29 is 19.0 Å². The maximum atomic E-state index is 12.3. The quantitative estimate of drug-likeness (QED) is 0.551. The van der Waals surface area contributed by atoms with Crippen molar-refractivity contribution in [3.8, 4) is 23.3 Å². The summed E-state index contributed by atoms with van der Waals surface area (Å²) in [5.74, 6) is 0.959. The first-order valence-electron chi connectivity index (χ1n) is 7.43. The molecule has 0 aliphatic heterocycles. The van der Waals surface area contributed by atoms with E-state index in [1.807, 2.05) is 6.07 Å². The molecule has 0 bridgehead atoms. The molecule has 0 saturated heterocycles. The first-order chi connectivity index (χ1) is 12.6. The lowest BCUT2D eigenvalue weighted by atomic mass is 10.2. The SMILES string of the molecule is COc1cc(/C=N\NC(=O)c2cc(Br)ccc2OC)ccc1OCC#N. The van der Waals surface area contributed by atoms with Gasteiger partial charge in [-0.15, -0.1) is 0 Å². The van der Waals surface area contributed by atoms with Crippen LogP contribution in [0.15, 0.2) is 46.0 Å². The van der Waals surface area contributed by atoms with Crippen LogP contribution in [0.2, 0.25) is 0 Å². The monoisotopic (exact) mass is 417 g/mol. The molecular formula is C18H16BrN3O4. The minimum absolute atomic E-state index is 0.0751. The molecule has 0 aromatic heterocycles. The van der Waals surface area contributed by atoms with Crippen molar-refractivity contribution in [2.45, 2.75) is 0 Å². The fourth-order valence-electron chi connectivity index (χ4n) is 2.08. The summed E-state index contributed by atoms with van der Waals surface area (Å²) in [5, 5.41) is 12.5. The normalized spacial score (nSPS) is 10.2. The van der Waals surface area contributed by atoms with Crippen LogP contribution in [0.1, 0.15) is 15.9 Å². The number of nitriles is 1. The number of rotatable bonds is 7. The van der Waals surface area contributed by atoms with Gasteiger partial charge >= 0.3 is 0 Å². The summed E-state index contributed by atoms with van der Waals surface area (Å²) < 4.78 is 16.4. The van der Waals surface area contributed by atoms with Gasteiger partial charge < -0.3 is 14.2 Å². The van der Waals surface area contributed by atoms with Crippen LogP contribution in [-0.4, -0.2) is 32.9 Å². The molecule has 26 heavy (non-hydrogen) atoms. The van der Waals surface area contributed by atoms with E-state index in [1.165, 1.54) is 20.4 Å². The molecule has 2 rings (SSSR count). The van der Waals surface area contributed by atoms with Gasteiger partial charge in [0, 0.05) is 4.47 Å². The molecule has 0 spiro atoms. The van der Waals surface area contributed by atoms with Crippen LogP contribution in [-0.2, 0) is 0 Å². The predicted octanol–water partition coefficient (Wildman–Crippen LogP) is 3.13. The lowest BCUT2D eigenvalue weighted by molar-refractivity contribution is 0.0952. The van der Waals surface area contributed by atoms with Gasteiger partial charge in [0.25, 0.3) is 5.91 Å². The Labute approximate surface area is 159 Å². The van der Waals surface area contributed by atoms with Crippen molar-refractivity contribution in [2.75, 3.05) is 20.8 Å². The molecule has 0 aliphatic carbocycles. The molecule has 0 radical (unpaired) electrons.